The summed E-state index contributed by atoms with van der Waals surface area (Å²) in [4.78, 5) is 136. The number of aliphatic imine (C=N–C) groups is 1. The molecule has 1 rings (SSSR count). The lowest BCUT2D eigenvalue weighted by Crippen LogP contribution is -2.57. The van der Waals surface area contributed by atoms with Crippen LogP contribution in [0.25, 0.3) is 0 Å². The average molecular weight is 1130 g/mol. The molecular formula is C58H96N8O14. The number of carbonyl (C=O) groups excluding carboxylic acids is 9. The standard InChI is InChI=1S/C58H96N8O14/c1-7-8-9-10-11-12-13-14-15-16-17-18-22-27-50(74)65-53(40(6)70)57(80)66-52(37(2)3)49(73)33-43(31-41-24-20-19-21-25-41)55(78)62-38(4)47(71)34-44(35-67)56(79)64-46(36-68)48(72)32-42(26-23-30-61-58(59)60)54(77)63-45(39(5)69)28-29-51(75)76/h19-21,24-25,37-38,40,42-46,52-53,67-68,70H,7-18,22-23,26-36H2,1-6H3,(H,62,78)(H,63,77)(H,64,79)(H,65,74)(H,66,80)(H,75,76)(H4,59,60,61)/t38-,40+,42+,43+,44-,45-,46-,52-,53-/m0/s1. The Balaban J connectivity index is 3.05. The lowest BCUT2D eigenvalue weighted by molar-refractivity contribution is -0.138. The van der Waals surface area contributed by atoms with E-state index in [4.69, 9.17) is 16.6 Å². The van der Waals surface area contributed by atoms with E-state index < -0.39 is 158 Å². The smallest absolute Gasteiger partial charge is 0.303 e. The van der Waals surface area contributed by atoms with Crippen LogP contribution >= 0.6 is 0 Å². The van der Waals surface area contributed by atoms with Gasteiger partial charge in [-0.2, -0.15) is 0 Å². The molecule has 5 amide bonds. The fraction of sp³-hybridized carbons (Fsp3) is 0.707. The van der Waals surface area contributed by atoms with Gasteiger partial charge in [0.15, 0.2) is 29.1 Å². The van der Waals surface area contributed by atoms with Crippen molar-refractivity contribution >= 4 is 64.6 Å². The van der Waals surface area contributed by atoms with E-state index >= 15 is 0 Å². The summed E-state index contributed by atoms with van der Waals surface area (Å²) in [6, 6.07) is 2.22. The first kappa shape index (κ1) is 71.9. The number of ketones is 4. The van der Waals surface area contributed by atoms with Crippen molar-refractivity contribution in [1.29, 1.82) is 0 Å². The molecule has 0 bridgehead atoms. The molecule has 0 aliphatic carbocycles. The largest absolute Gasteiger partial charge is 0.481 e. The third-order valence-electron chi connectivity index (χ3n) is 14.1. The van der Waals surface area contributed by atoms with Crippen LogP contribution in [-0.2, 0) is 54.4 Å². The molecule has 1 aromatic carbocycles. The molecule has 0 saturated carbocycles. The van der Waals surface area contributed by atoms with Crippen molar-refractivity contribution in [1.82, 2.24) is 26.6 Å². The molecule has 0 fully saturated rings. The molecule has 452 valence electrons. The third kappa shape index (κ3) is 30.5. The van der Waals surface area contributed by atoms with Crippen LogP contribution in [0.15, 0.2) is 35.3 Å². The van der Waals surface area contributed by atoms with E-state index in [1.54, 1.807) is 44.2 Å². The van der Waals surface area contributed by atoms with Crippen molar-refractivity contribution in [3.8, 4) is 0 Å². The number of nitrogens with one attached hydrogen (secondary N) is 5. The topological polar surface area (TPSA) is 376 Å². The van der Waals surface area contributed by atoms with E-state index in [2.05, 4.69) is 38.5 Å². The number of carboxylic acids is 1. The summed E-state index contributed by atoms with van der Waals surface area (Å²) in [7, 11) is 0. The van der Waals surface area contributed by atoms with Gasteiger partial charge in [-0.15, -0.1) is 0 Å². The fourth-order valence-electron chi connectivity index (χ4n) is 9.12. The Morgan fingerprint density at radius 1 is 0.550 bits per heavy atom. The maximum Gasteiger partial charge on any atom is 0.303 e. The molecular weight excluding hydrogens is 1030 g/mol. The first-order valence-electron chi connectivity index (χ1n) is 28.8. The molecule has 0 aromatic heterocycles. The number of aliphatic hydroxyl groups excluding tert-OH is 3. The van der Waals surface area contributed by atoms with E-state index in [0.29, 0.717) is 12.0 Å². The quantitative estimate of drug-likeness (QED) is 0.0253. The minimum atomic E-state index is -1.61. The monoisotopic (exact) mass is 1130 g/mol. The van der Waals surface area contributed by atoms with Crippen LogP contribution in [0, 0.1) is 23.7 Å². The number of Topliss-reactive ketones (excluding diaryl/α,β-unsaturated/α-hetero) is 4. The highest BCUT2D eigenvalue weighted by Crippen LogP contribution is 2.20. The Labute approximate surface area is 473 Å². The van der Waals surface area contributed by atoms with E-state index in [1.165, 1.54) is 72.1 Å². The summed E-state index contributed by atoms with van der Waals surface area (Å²) < 4.78 is 0. The molecule has 0 spiro atoms. The third-order valence-corrected chi connectivity index (χ3v) is 14.1. The first-order valence-corrected chi connectivity index (χ1v) is 28.8. The van der Waals surface area contributed by atoms with Gasteiger partial charge >= 0.3 is 5.97 Å². The number of aliphatic hydroxyl groups is 3. The van der Waals surface area contributed by atoms with Crippen LogP contribution in [0.2, 0.25) is 0 Å². The van der Waals surface area contributed by atoms with Gasteiger partial charge in [0.25, 0.3) is 0 Å². The minimum Gasteiger partial charge on any atom is -0.481 e. The number of unbranched alkanes of at least 4 members (excludes halogenated alkanes) is 12. The number of hydrogen-bond acceptors (Lipinski definition) is 14. The van der Waals surface area contributed by atoms with Gasteiger partial charge in [-0.3, -0.25) is 52.9 Å². The van der Waals surface area contributed by atoms with Gasteiger partial charge in [-0.05, 0) is 64.4 Å². The molecule has 0 saturated heterocycles. The maximum atomic E-state index is 14.1. The SMILES string of the molecule is CCCCCCCCCCCCCCCC(=O)N[C@H](C(=O)N[C@H](C(=O)C[C@@H](Cc1ccccc1)C(=O)N[C@@H](C)C(=O)C[C@@H](CO)C(=O)N[C@@H](CO)C(=O)C[C@@H](CCCN=C(N)N)C(=O)N[C@@H](CCC(=O)O)C(C)=O)C(C)C)[C@@H](C)O. The summed E-state index contributed by atoms with van der Waals surface area (Å²) in [6.45, 7) is 7.72. The van der Waals surface area contributed by atoms with E-state index in [0.717, 1.165) is 25.7 Å². The van der Waals surface area contributed by atoms with Gasteiger partial charge in [0, 0.05) is 50.5 Å². The number of amides is 5. The number of hydrogen-bond donors (Lipinski definition) is 11. The Bertz CT molecular complexity index is 2120. The molecule has 13 N–H and O–H groups in total. The first-order chi connectivity index (χ1) is 37.9. The Morgan fingerprint density at radius 3 is 1.59 bits per heavy atom. The predicted octanol–water partition coefficient (Wildman–Crippen LogP) is 3.41. The van der Waals surface area contributed by atoms with Crippen LogP contribution < -0.4 is 38.1 Å². The summed E-state index contributed by atoms with van der Waals surface area (Å²) in [5.74, 6) is -11.8. The molecule has 22 heteroatoms. The van der Waals surface area contributed by atoms with Crippen LogP contribution in [0.3, 0.4) is 0 Å². The van der Waals surface area contributed by atoms with E-state index in [-0.39, 0.29) is 44.6 Å². The Morgan fingerprint density at radius 2 is 1.07 bits per heavy atom. The molecule has 9 atom stereocenters. The van der Waals surface area contributed by atoms with Crippen molar-refractivity contribution in [3.05, 3.63) is 35.9 Å². The van der Waals surface area contributed by atoms with E-state index in [9.17, 15) is 63.3 Å². The van der Waals surface area contributed by atoms with Crippen LogP contribution in [0.4, 0.5) is 0 Å². The number of carbonyl (C=O) groups is 10. The molecule has 1 aromatic rings. The molecule has 22 nitrogen and oxygen atoms in total. The number of nitrogens with zero attached hydrogens (tertiary/aromatic N) is 1. The minimum absolute atomic E-state index is 0.00151. The predicted molar refractivity (Wildman–Crippen MR) is 303 cm³/mol. The van der Waals surface area contributed by atoms with Gasteiger partial charge in [-0.1, -0.05) is 128 Å². The summed E-state index contributed by atoms with van der Waals surface area (Å²) in [5, 5.41) is 52.9. The normalized spacial score (nSPS) is 14.6. The Kier molecular flexibility index (Phi) is 36.8. The van der Waals surface area contributed by atoms with Crippen molar-refractivity contribution in [2.45, 2.75) is 219 Å². The Hall–Kier alpha value is -6.13. The second-order valence-electron chi connectivity index (χ2n) is 21.5. The fourth-order valence-corrected chi connectivity index (χ4v) is 9.12. The summed E-state index contributed by atoms with van der Waals surface area (Å²) in [5.41, 5.74) is 11.5. The zero-order valence-electron chi connectivity index (χ0n) is 48.3. The van der Waals surface area contributed by atoms with Crippen LogP contribution in [0.1, 0.15) is 182 Å². The summed E-state index contributed by atoms with van der Waals surface area (Å²) in [6.07, 6.45) is 11.7. The number of rotatable bonds is 46. The van der Waals surface area contributed by atoms with E-state index in [1.807, 2.05) is 0 Å². The van der Waals surface area contributed by atoms with Crippen molar-refractivity contribution in [3.63, 3.8) is 0 Å². The average Bonchev–Trinajstić information content (AvgIpc) is 3.40. The van der Waals surface area contributed by atoms with Crippen molar-refractivity contribution in [2.24, 2.45) is 40.1 Å². The number of guanidine groups is 1. The highest BCUT2D eigenvalue weighted by atomic mass is 16.4. The summed E-state index contributed by atoms with van der Waals surface area (Å²) >= 11 is 0. The zero-order chi connectivity index (χ0) is 60.2. The van der Waals surface area contributed by atoms with Gasteiger partial charge < -0.3 is 58.5 Å². The molecule has 0 radical (unpaired) electrons. The van der Waals surface area contributed by atoms with Crippen molar-refractivity contribution in [2.75, 3.05) is 19.8 Å². The lowest BCUT2D eigenvalue weighted by Gasteiger charge is -2.28. The second-order valence-corrected chi connectivity index (χ2v) is 21.5. The lowest BCUT2D eigenvalue weighted by atomic mass is 9.88. The van der Waals surface area contributed by atoms with Gasteiger partial charge in [0.05, 0.1) is 43.4 Å². The van der Waals surface area contributed by atoms with Gasteiger partial charge in [-0.25, -0.2) is 0 Å². The molecule has 0 heterocycles. The molecule has 0 aliphatic rings. The molecule has 80 heavy (non-hydrogen) atoms. The highest BCUT2D eigenvalue weighted by molar-refractivity contribution is 5.98. The number of carboxylic acid groups (broad SMARTS) is 1. The molecule has 0 aliphatic heterocycles. The highest BCUT2D eigenvalue weighted by Gasteiger charge is 2.36. The van der Waals surface area contributed by atoms with Crippen LogP contribution in [-0.4, -0.2) is 141 Å². The molecule has 0 unspecified atom stereocenters. The van der Waals surface area contributed by atoms with Gasteiger partial charge in [0.2, 0.25) is 29.5 Å². The number of nitrogens with two attached hydrogens (primary N) is 2. The van der Waals surface area contributed by atoms with Gasteiger partial charge in [0.1, 0.15) is 12.1 Å². The second kappa shape index (κ2) is 41.0. The van der Waals surface area contributed by atoms with Crippen LogP contribution in [0.5, 0.6) is 0 Å². The maximum absolute atomic E-state index is 14.1. The number of aliphatic carboxylic acids is 1. The zero-order valence-corrected chi connectivity index (χ0v) is 48.3. The van der Waals surface area contributed by atoms with Crippen molar-refractivity contribution < 1.29 is 68.4 Å². The number of benzene rings is 1.